The number of halogens is 2. The number of benzene rings is 1. The lowest BCUT2D eigenvalue weighted by Gasteiger charge is -2.45. The molecule has 2 bridgehead atoms. The Labute approximate surface area is 182 Å². The van der Waals surface area contributed by atoms with Crippen LogP contribution < -0.4 is 15.8 Å². The average molecular weight is 444 g/mol. The first-order valence-corrected chi connectivity index (χ1v) is 10.3. The zero-order valence-corrected chi connectivity index (χ0v) is 18.0. The molecule has 3 N–H and O–H groups in total. The molecule has 8 heteroatoms. The van der Waals surface area contributed by atoms with Crippen molar-refractivity contribution in [2.45, 2.75) is 50.8 Å². The van der Waals surface area contributed by atoms with Crippen LogP contribution in [0.5, 0.6) is 5.75 Å². The fourth-order valence-electron chi connectivity index (χ4n) is 4.45. The van der Waals surface area contributed by atoms with Gasteiger partial charge in [-0.1, -0.05) is 12.5 Å². The molecule has 2 aromatic rings. The van der Waals surface area contributed by atoms with Crippen LogP contribution in [0, 0.1) is 11.8 Å². The summed E-state index contributed by atoms with van der Waals surface area (Å²) in [6.45, 7) is 0.416. The molecule has 2 atom stereocenters. The molecule has 0 aliphatic heterocycles. The third-order valence-corrected chi connectivity index (χ3v) is 6.28. The molecule has 2 aliphatic rings. The maximum absolute atomic E-state index is 12.8. The number of nitrogens with one attached hydrogen (secondary N) is 1. The van der Waals surface area contributed by atoms with E-state index in [-0.39, 0.29) is 36.8 Å². The summed E-state index contributed by atoms with van der Waals surface area (Å²) in [5.74, 6) is 1.72. The Morgan fingerprint density at radius 3 is 2.68 bits per heavy atom. The number of carbonyl (C=O) groups excluding carboxylic acids is 1. The predicted octanol–water partition coefficient (Wildman–Crippen LogP) is 4.20. The highest BCUT2D eigenvalue weighted by Gasteiger charge is 2.39. The number of hydrogen-bond donors (Lipinski definition) is 2. The number of nitrogens with two attached hydrogens (primary N) is 1. The van der Waals surface area contributed by atoms with Gasteiger partial charge in [-0.15, -0.1) is 36.2 Å². The van der Waals surface area contributed by atoms with E-state index in [1.165, 1.54) is 19.3 Å². The molecule has 4 rings (SSSR count). The summed E-state index contributed by atoms with van der Waals surface area (Å²) in [5, 5.41) is 5.26. The van der Waals surface area contributed by atoms with E-state index in [1.807, 2.05) is 29.6 Å². The van der Waals surface area contributed by atoms with Crippen LogP contribution in [0.1, 0.15) is 48.2 Å². The number of hydrogen-bond acceptors (Lipinski definition) is 5. The fourth-order valence-corrected chi connectivity index (χ4v) is 5.00. The van der Waals surface area contributed by atoms with Gasteiger partial charge in [0.1, 0.15) is 12.4 Å². The van der Waals surface area contributed by atoms with Crippen molar-refractivity contribution < 1.29 is 9.53 Å². The molecule has 1 heterocycles. The van der Waals surface area contributed by atoms with E-state index in [0.29, 0.717) is 35.8 Å². The van der Waals surface area contributed by atoms with Crippen molar-refractivity contribution in [3.8, 4) is 5.75 Å². The summed E-state index contributed by atoms with van der Waals surface area (Å²) >= 11 is 1.55. The van der Waals surface area contributed by atoms with Crippen molar-refractivity contribution in [1.29, 1.82) is 0 Å². The number of amides is 1. The second-order valence-electron chi connectivity index (χ2n) is 7.48. The molecule has 0 radical (unpaired) electrons. The van der Waals surface area contributed by atoms with Crippen LogP contribution >= 0.6 is 36.2 Å². The average Bonchev–Trinajstić information content (AvgIpc) is 3.14. The highest BCUT2D eigenvalue weighted by Crippen LogP contribution is 2.39. The van der Waals surface area contributed by atoms with Gasteiger partial charge in [-0.3, -0.25) is 4.79 Å². The molecule has 154 valence electrons. The Hall–Kier alpha value is -1.34. The zero-order chi connectivity index (χ0) is 17.9. The molecule has 0 spiro atoms. The van der Waals surface area contributed by atoms with Crippen LogP contribution in [0.25, 0.3) is 0 Å². The summed E-state index contributed by atoms with van der Waals surface area (Å²) in [7, 11) is 0. The van der Waals surface area contributed by atoms with Gasteiger partial charge in [0, 0.05) is 23.0 Å². The molecular weight excluding hydrogens is 417 g/mol. The van der Waals surface area contributed by atoms with E-state index in [0.717, 1.165) is 18.5 Å². The highest BCUT2D eigenvalue weighted by atomic mass is 35.5. The molecule has 28 heavy (non-hydrogen) atoms. The second-order valence-corrected chi connectivity index (χ2v) is 8.20. The minimum Gasteiger partial charge on any atom is -0.487 e. The number of carbonyl (C=O) groups is 1. The number of thiazole rings is 1. The molecule has 5 nitrogen and oxygen atoms in total. The van der Waals surface area contributed by atoms with Crippen molar-refractivity contribution >= 4 is 42.1 Å². The quantitative estimate of drug-likeness (QED) is 0.725. The number of ether oxygens (including phenoxy) is 1. The van der Waals surface area contributed by atoms with Crippen molar-refractivity contribution in [3.63, 3.8) is 0 Å². The Balaban J connectivity index is 0.00000140. The first-order chi connectivity index (χ1) is 12.7. The summed E-state index contributed by atoms with van der Waals surface area (Å²) in [6, 6.07) is 7.94. The summed E-state index contributed by atoms with van der Waals surface area (Å²) in [6.07, 6.45) is 5.66. The number of aromatic nitrogens is 1. The smallest absolute Gasteiger partial charge is 0.251 e. The van der Waals surface area contributed by atoms with Crippen LogP contribution in [0.3, 0.4) is 0 Å². The van der Waals surface area contributed by atoms with Gasteiger partial charge in [-0.05, 0) is 55.7 Å². The molecular formula is C20H27Cl2N3O2S. The van der Waals surface area contributed by atoms with Crippen molar-refractivity contribution in [2.24, 2.45) is 17.6 Å². The van der Waals surface area contributed by atoms with E-state index < -0.39 is 0 Å². The van der Waals surface area contributed by atoms with E-state index >= 15 is 0 Å². The standard InChI is InChI=1S/C20H25N3O2S.2ClH/c21-16-7-13-3-1-4-14(8-16)19(13)23-20(24)15-5-2-6-18(9-15)25-10-17-11-26-12-22-17;;/h2,5-6,9,11-14,16,19H,1,3-4,7-8,10,21H2,(H,23,24);2*1H. The van der Waals surface area contributed by atoms with Gasteiger partial charge in [0.25, 0.3) is 5.91 Å². The highest BCUT2D eigenvalue weighted by molar-refractivity contribution is 7.07. The summed E-state index contributed by atoms with van der Waals surface area (Å²) in [5.41, 5.74) is 9.52. The largest absolute Gasteiger partial charge is 0.487 e. The summed E-state index contributed by atoms with van der Waals surface area (Å²) < 4.78 is 5.77. The van der Waals surface area contributed by atoms with Crippen LogP contribution in [0.4, 0.5) is 0 Å². The normalized spacial score (nSPS) is 25.8. The molecule has 1 aromatic heterocycles. The monoisotopic (exact) mass is 443 g/mol. The molecule has 2 unspecified atom stereocenters. The van der Waals surface area contributed by atoms with Crippen molar-refractivity contribution in [2.75, 3.05) is 0 Å². The van der Waals surface area contributed by atoms with Gasteiger partial charge in [0.2, 0.25) is 0 Å². The van der Waals surface area contributed by atoms with Gasteiger partial charge >= 0.3 is 0 Å². The SMILES string of the molecule is Cl.Cl.NC1CC2CCCC(C1)C2NC(=O)c1cccc(OCc2cscn2)c1. The van der Waals surface area contributed by atoms with Gasteiger partial charge in [-0.2, -0.15) is 0 Å². The first kappa shape index (κ1) is 22.9. The van der Waals surface area contributed by atoms with Crippen LogP contribution in [0.15, 0.2) is 35.2 Å². The lowest BCUT2D eigenvalue weighted by Crippen LogP contribution is -2.53. The topological polar surface area (TPSA) is 77.2 Å². The van der Waals surface area contributed by atoms with Crippen LogP contribution in [-0.2, 0) is 6.61 Å². The van der Waals surface area contributed by atoms with E-state index in [4.69, 9.17) is 10.5 Å². The van der Waals surface area contributed by atoms with Gasteiger partial charge in [-0.25, -0.2) is 4.98 Å². The van der Waals surface area contributed by atoms with E-state index in [9.17, 15) is 4.79 Å². The maximum Gasteiger partial charge on any atom is 0.251 e. The molecule has 1 aromatic carbocycles. The Bertz CT molecular complexity index is 746. The van der Waals surface area contributed by atoms with Gasteiger partial charge < -0.3 is 15.8 Å². The maximum atomic E-state index is 12.8. The molecule has 2 fully saturated rings. The molecule has 0 saturated heterocycles. The third-order valence-electron chi connectivity index (χ3n) is 5.64. The summed E-state index contributed by atoms with van der Waals surface area (Å²) in [4.78, 5) is 17.0. The van der Waals surface area contributed by atoms with Gasteiger partial charge in [0.15, 0.2) is 0 Å². The van der Waals surface area contributed by atoms with Crippen molar-refractivity contribution in [1.82, 2.24) is 10.3 Å². The molecule has 1 amide bonds. The first-order valence-electron chi connectivity index (χ1n) is 9.35. The van der Waals surface area contributed by atoms with Crippen molar-refractivity contribution in [3.05, 3.63) is 46.4 Å². The lowest BCUT2D eigenvalue weighted by atomic mass is 9.67. The molecule has 2 aliphatic carbocycles. The van der Waals surface area contributed by atoms with Crippen LogP contribution in [-0.4, -0.2) is 23.0 Å². The Kier molecular flexibility index (Phi) is 8.56. The minimum absolute atomic E-state index is 0. The predicted molar refractivity (Wildman–Crippen MR) is 117 cm³/mol. The van der Waals surface area contributed by atoms with Gasteiger partial charge in [0.05, 0.1) is 11.2 Å². The number of rotatable bonds is 5. The Morgan fingerprint density at radius 2 is 2.00 bits per heavy atom. The third kappa shape index (κ3) is 5.38. The Morgan fingerprint density at radius 1 is 1.25 bits per heavy atom. The number of nitrogens with zero attached hydrogens (tertiary/aromatic N) is 1. The van der Waals surface area contributed by atoms with E-state index in [2.05, 4.69) is 10.3 Å². The zero-order valence-electron chi connectivity index (χ0n) is 15.6. The lowest BCUT2D eigenvalue weighted by molar-refractivity contribution is 0.0755. The molecule has 2 saturated carbocycles. The fraction of sp³-hybridized carbons (Fsp3) is 0.500. The van der Waals surface area contributed by atoms with Crippen LogP contribution in [0.2, 0.25) is 0 Å². The number of fused-ring (bicyclic) bond motifs is 2. The second kappa shape index (κ2) is 10.4. The van der Waals surface area contributed by atoms with E-state index in [1.54, 1.807) is 16.8 Å². The minimum atomic E-state index is -0.0125.